The van der Waals surface area contributed by atoms with Crippen molar-refractivity contribution in [3.63, 3.8) is 0 Å². The summed E-state index contributed by atoms with van der Waals surface area (Å²) in [6, 6.07) is 6.07. The molecule has 10 heteroatoms. The summed E-state index contributed by atoms with van der Waals surface area (Å²) in [6.45, 7) is 6.28. The number of aromatic amines is 1. The summed E-state index contributed by atoms with van der Waals surface area (Å²) in [4.78, 5) is 10.6. The number of benzene rings is 1. The summed E-state index contributed by atoms with van der Waals surface area (Å²) < 4.78 is 30.2. The molecule has 0 bridgehead atoms. The molecule has 152 valence electrons. The van der Waals surface area contributed by atoms with Crippen molar-refractivity contribution in [2.24, 2.45) is 0 Å². The van der Waals surface area contributed by atoms with E-state index in [2.05, 4.69) is 33.4 Å². The van der Waals surface area contributed by atoms with Crippen molar-refractivity contribution < 1.29 is 8.42 Å². The Morgan fingerprint density at radius 2 is 2.17 bits per heavy atom. The predicted octanol–water partition coefficient (Wildman–Crippen LogP) is 4.10. The maximum Gasteiger partial charge on any atom is 0.281 e. The van der Waals surface area contributed by atoms with Crippen molar-refractivity contribution in [1.82, 2.24) is 19.3 Å². The molecule has 0 amide bonds. The van der Waals surface area contributed by atoms with Gasteiger partial charge in [0, 0.05) is 53.0 Å². The number of H-pyrrole nitrogens is 1. The van der Waals surface area contributed by atoms with Gasteiger partial charge in [-0.2, -0.15) is 8.42 Å². The average Bonchev–Trinajstić information content (AvgIpc) is 3.32. The second-order valence-corrected chi connectivity index (χ2v) is 10.4. The van der Waals surface area contributed by atoms with Gasteiger partial charge in [0.1, 0.15) is 0 Å². The zero-order valence-electron chi connectivity index (χ0n) is 15.9. The number of hydrogen-bond acceptors (Lipinski definition) is 5. The van der Waals surface area contributed by atoms with Crippen LogP contribution in [0.3, 0.4) is 0 Å². The quantitative estimate of drug-likeness (QED) is 0.491. The Morgan fingerprint density at radius 3 is 2.97 bits per heavy atom. The van der Waals surface area contributed by atoms with Crippen LogP contribution < -0.4 is 4.72 Å². The highest BCUT2D eigenvalue weighted by atomic mass is 35.5. The highest BCUT2D eigenvalue weighted by molar-refractivity contribution is 7.92. The highest BCUT2D eigenvalue weighted by Gasteiger charge is 2.26. The Hall–Kier alpha value is -2.07. The van der Waals surface area contributed by atoms with Crippen LogP contribution in [0.1, 0.15) is 25.1 Å². The molecule has 0 saturated heterocycles. The lowest BCUT2D eigenvalue weighted by Gasteiger charge is -2.30. The first kappa shape index (κ1) is 18.9. The van der Waals surface area contributed by atoms with E-state index in [4.69, 9.17) is 11.6 Å². The van der Waals surface area contributed by atoms with Crippen LogP contribution >= 0.6 is 22.9 Å². The fourth-order valence-corrected chi connectivity index (χ4v) is 6.45. The molecule has 29 heavy (non-hydrogen) atoms. The van der Waals surface area contributed by atoms with Crippen LogP contribution in [0.4, 0.5) is 5.69 Å². The fraction of sp³-hybridized carbons (Fsp3) is 0.316. The van der Waals surface area contributed by atoms with Gasteiger partial charge >= 0.3 is 0 Å². The van der Waals surface area contributed by atoms with Gasteiger partial charge < -0.3 is 4.98 Å². The van der Waals surface area contributed by atoms with Gasteiger partial charge in [-0.25, -0.2) is 4.98 Å². The van der Waals surface area contributed by atoms with Crippen molar-refractivity contribution in [1.29, 1.82) is 0 Å². The Bertz CT molecular complexity index is 1340. The first-order valence-corrected chi connectivity index (χ1v) is 12.1. The Balaban J connectivity index is 1.51. The molecule has 0 unspecified atom stereocenters. The topological polar surface area (TPSA) is 82.5 Å². The summed E-state index contributed by atoms with van der Waals surface area (Å²) in [5.41, 5.74) is 4.00. The largest absolute Gasteiger partial charge is 0.357 e. The number of nitrogens with one attached hydrogen (secondary N) is 2. The first-order chi connectivity index (χ1) is 13.8. The van der Waals surface area contributed by atoms with Crippen molar-refractivity contribution in [2.45, 2.75) is 37.9 Å². The molecule has 1 aromatic carbocycles. The maximum absolute atomic E-state index is 13.0. The van der Waals surface area contributed by atoms with E-state index in [-0.39, 0.29) is 10.2 Å². The van der Waals surface area contributed by atoms with E-state index in [0.717, 1.165) is 30.4 Å². The molecule has 0 saturated carbocycles. The number of fused-ring (bicyclic) bond motifs is 4. The lowest BCUT2D eigenvalue weighted by molar-refractivity contribution is 0.201. The van der Waals surface area contributed by atoms with E-state index in [1.165, 1.54) is 27.0 Å². The second kappa shape index (κ2) is 6.73. The minimum absolute atomic E-state index is 0.0294. The molecule has 1 aliphatic rings. The van der Waals surface area contributed by atoms with E-state index in [0.29, 0.717) is 16.7 Å². The molecule has 7 nitrogen and oxygen atoms in total. The molecule has 4 aromatic rings. The summed E-state index contributed by atoms with van der Waals surface area (Å²) in [5, 5.41) is 2.76. The number of thiazole rings is 1. The zero-order valence-corrected chi connectivity index (χ0v) is 18.3. The van der Waals surface area contributed by atoms with Crippen LogP contribution in [-0.4, -0.2) is 40.3 Å². The molecular weight excluding hydrogens is 430 g/mol. The van der Waals surface area contributed by atoms with Crippen molar-refractivity contribution in [3.8, 4) is 0 Å². The predicted molar refractivity (Wildman–Crippen MR) is 116 cm³/mol. The standard InChI is InChI=1S/C19H20ClN5O2S2/c1-11(2)24-6-5-13-14-9-12(3-4-15(14)21-16(13)10-24)23-29(26,27)18-17(20)22-19-25(18)7-8-28-19/h3-4,7-9,11,21,23H,5-6,10H2,1-2H3. The van der Waals surface area contributed by atoms with Crippen LogP contribution in [0.25, 0.3) is 15.9 Å². The molecule has 0 fully saturated rings. The van der Waals surface area contributed by atoms with E-state index in [1.54, 1.807) is 17.6 Å². The lowest BCUT2D eigenvalue weighted by Crippen LogP contribution is -2.35. The van der Waals surface area contributed by atoms with E-state index in [9.17, 15) is 8.42 Å². The molecule has 2 N–H and O–H groups in total. The van der Waals surface area contributed by atoms with E-state index in [1.807, 2.05) is 12.1 Å². The third-order valence-electron chi connectivity index (χ3n) is 5.42. The SMILES string of the molecule is CC(C)N1CCc2c([nH]c3ccc(NS(=O)(=O)c4c(Cl)nc5sccn45)cc23)C1. The molecule has 0 atom stereocenters. The summed E-state index contributed by atoms with van der Waals surface area (Å²) in [7, 11) is -3.88. The Labute approximate surface area is 177 Å². The van der Waals surface area contributed by atoms with Gasteiger partial charge in [-0.15, -0.1) is 11.3 Å². The highest BCUT2D eigenvalue weighted by Crippen LogP contribution is 2.32. The second-order valence-electron chi connectivity index (χ2n) is 7.53. The van der Waals surface area contributed by atoms with Crippen molar-refractivity contribution in [3.05, 3.63) is 46.2 Å². The molecule has 0 spiro atoms. The van der Waals surface area contributed by atoms with Gasteiger partial charge in [-0.1, -0.05) is 11.6 Å². The molecule has 4 heterocycles. The molecular formula is C19H20ClN5O2S2. The minimum Gasteiger partial charge on any atom is -0.357 e. The number of halogens is 1. The van der Waals surface area contributed by atoms with Gasteiger partial charge in [-0.05, 0) is 44.0 Å². The van der Waals surface area contributed by atoms with Crippen LogP contribution in [-0.2, 0) is 23.0 Å². The minimum atomic E-state index is -3.88. The fourth-order valence-electron chi connectivity index (χ4n) is 3.95. The number of nitrogens with zero attached hydrogens (tertiary/aromatic N) is 3. The van der Waals surface area contributed by atoms with Gasteiger partial charge in [0.2, 0.25) is 0 Å². The molecule has 0 radical (unpaired) electrons. The number of sulfonamides is 1. The third kappa shape index (κ3) is 3.13. The van der Waals surface area contributed by atoms with E-state index < -0.39 is 10.0 Å². The van der Waals surface area contributed by atoms with Gasteiger partial charge in [0.25, 0.3) is 10.0 Å². The number of aromatic nitrogens is 3. The summed E-state index contributed by atoms with van der Waals surface area (Å²) in [6.07, 6.45) is 2.59. The van der Waals surface area contributed by atoms with Gasteiger partial charge in [0.05, 0.1) is 0 Å². The summed E-state index contributed by atoms with van der Waals surface area (Å²) in [5.74, 6) is 0. The average molecular weight is 450 g/mol. The Kier molecular flexibility index (Phi) is 4.39. The molecule has 1 aliphatic heterocycles. The number of anilines is 1. The number of rotatable bonds is 4. The Morgan fingerprint density at radius 1 is 1.34 bits per heavy atom. The van der Waals surface area contributed by atoms with Crippen LogP contribution in [0.2, 0.25) is 5.15 Å². The third-order valence-corrected chi connectivity index (χ3v) is 7.96. The smallest absolute Gasteiger partial charge is 0.281 e. The molecule has 0 aliphatic carbocycles. The van der Waals surface area contributed by atoms with Crippen molar-refractivity contribution >= 4 is 54.5 Å². The van der Waals surface area contributed by atoms with E-state index >= 15 is 0 Å². The maximum atomic E-state index is 13.0. The first-order valence-electron chi connectivity index (χ1n) is 9.35. The molecule has 5 rings (SSSR count). The van der Waals surface area contributed by atoms with Crippen LogP contribution in [0.15, 0.2) is 34.8 Å². The van der Waals surface area contributed by atoms with Crippen molar-refractivity contribution in [2.75, 3.05) is 11.3 Å². The summed E-state index contributed by atoms with van der Waals surface area (Å²) >= 11 is 7.45. The normalized spacial score (nSPS) is 15.4. The van der Waals surface area contributed by atoms with Gasteiger partial charge in [-0.3, -0.25) is 14.0 Å². The number of hydrogen-bond donors (Lipinski definition) is 2. The van der Waals surface area contributed by atoms with Gasteiger partial charge in [0.15, 0.2) is 15.1 Å². The zero-order chi connectivity index (χ0) is 20.3. The monoisotopic (exact) mass is 449 g/mol. The van der Waals surface area contributed by atoms with Crippen LogP contribution in [0.5, 0.6) is 0 Å². The number of imidazole rings is 1. The molecule has 3 aromatic heterocycles. The lowest BCUT2D eigenvalue weighted by atomic mass is 10.0. The van der Waals surface area contributed by atoms with Crippen LogP contribution in [0, 0.1) is 0 Å².